The molecule has 0 saturated carbocycles. The van der Waals surface area contributed by atoms with Crippen molar-refractivity contribution >= 4 is 64.6 Å². The van der Waals surface area contributed by atoms with Gasteiger partial charge in [-0.1, -0.05) is 232 Å². The van der Waals surface area contributed by atoms with E-state index < -0.39 is 0 Å². The van der Waals surface area contributed by atoms with E-state index in [0.29, 0.717) is 0 Å². The molecule has 392 valence electrons. The first-order valence-corrected chi connectivity index (χ1v) is 29.7. The molecule has 0 heteroatoms. The van der Waals surface area contributed by atoms with Crippen molar-refractivity contribution in [3.8, 4) is 77.9 Å². The molecule has 3 aliphatic carbocycles. The number of hydrogen-bond donors (Lipinski definition) is 0. The lowest BCUT2D eigenvalue weighted by Gasteiger charge is -2.24. The first kappa shape index (κ1) is 47.9. The highest BCUT2D eigenvalue weighted by molar-refractivity contribution is 6.27. The lowest BCUT2D eigenvalue weighted by atomic mass is 9.79. The molecule has 0 saturated heterocycles. The summed E-state index contributed by atoms with van der Waals surface area (Å²) in [5.41, 5.74) is 29.0. The highest BCUT2D eigenvalue weighted by Gasteiger charge is 2.40. The quantitative estimate of drug-likeness (QED) is 0.154. The van der Waals surface area contributed by atoms with Gasteiger partial charge in [-0.2, -0.15) is 0 Å². The minimum Gasteiger partial charge on any atom is -0.0561 e. The van der Waals surface area contributed by atoms with Gasteiger partial charge in [0.05, 0.1) is 0 Å². The first-order valence-electron chi connectivity index (χ1n) is 29.7. The zero-order chi connectivity index (χ0) is 55.7. The van der Waals surface area contributed by atoms with Gasteiger partial charge in [0.2, 0.25) is 0 Å². The lowest BCUT2D eigenvalue weighted by molar-refractivity contribution is 0.591. The van der Waals surface area contributed by atoms with Crippen LogP contribution in [0.15, 0.2) is 206 Å². The van der Waals surface area contributed by atoms with E-state index in [1.807, 2.05) is 0 Å². The second-order valence-corrected chi connectivity index (χ2v) is 27.4. The fraction of sp³-hybridized carbons (Fsp3) is 0.171. The van der Waals surface area contributed by atoms with E-state index in [1.54, 1.807) is 0 Å². The SMILES string of the molecule is Cc1cc2ccc3ccc(-c4ccc5c(c4)C(C)(C)c4cc(-c6ccc7c(c6)C(C)(C)c6cc(-c8ccc9c(c8)C(C)(C)c8cc(-c%10ccc%11ccc%12cc(C(C)(C)C)cc%13ccc%10c%11c%12%13)ccc8-9)ccc6-7)ccc4-5)c4ccc(c1)c2c34. The molecule has 82 heavy (non-hydrogen) atoms. The molecule has 0 nitrogen and oxygen atoms in total. The summed E-state index contributed by atoms with van der Waals surface area (Å²) in [5.74, 6) is 0. The molecule has 0 bridgehead atoms. The molecule has 0 atom stereocenters. The summed E-state index contributed by atoms with van der Waals surface area (Å²) in [5, 5.41) is 16.1. The molecule has 14 aromatic rings. The Kier molecular flexibility index (Phi) is 9.35. The molecule has 0 heterocycles. The molecule has 0 amide bonds. The Bertz CT molecular complexity index is 5120. The van der Waals surface area contributed by atoms with Gasteiger partial charge in [-0.15, -0.1) is 0 Å². The summed E-state index contributed by atoms with van der Waals surface area (Å²) in [6, 6.07) is 80.9. The average molecular weight is 1050 g/mol. The molecule has 0 radical (unpaired) electrons. The predicted octanol–water partition coefficient (Wildman–Crippen LogP) is 22.7. The van der Waals surface area contributed by atoms with Crippen LogP contribution in [-0.2, 0) is 21.7 Å². The molecular formula is C82H64. The normalized spacial score (nSPS) is 15.2. The first-order chi connectivity index (χ1) is 39.4. The molecule has 14 aromatic carbocycles. The standard InChI is InChI=1S/C82H64/c1-45-35-54-13-11-46-15-25-59(67-33-23-55(36-45)75(54)77(46)67)52-21-31-65-63-29-19-50(41-71(63)81(7,8)73(65)43-52)48-17-27-61-62-28-18-49(40-70(62)80(5,6)69(61)39-48)51-20-30-64-66-32-22-53(44-74(66)82(9,10)72(64)42-51)60-26-16-47-12-14-56-37-58(79(2,3)4)38-57-24-34-68(60)78(47)76(56)57/h11-44H,1-10H3. The van der Waals surface area contributed by atoms with E-state index in [4.69, 9.17) is 0 Å². The summed E-state index contributed by atoms with van der Waals surface area (Å²) in [6.07, 6.45) is 0. The Morgan fingerprint density at radius 1 is 0.244 bits per heavy atom. The van der Waals surface area contributed by atoms with Crippen LogP contribution in [0, 0.1) is 6.92 Å². The van der Waals surface area contributed by atoms with E-state index in [-0.39, 0.29) is 21.7 Å². The van der Waals surface area contributed by atoms with Gasteiger partial charge in [-0.25, -0.2) is 0 Å². The van der Waals surface area contributed by atoms with Gasteiger partial charge in [0.1, 0.15) is 0 Å². The van der Waals surface area contributed by atoms with Gasteiger partial charge in [-0.3, -0.25) is 0 Å². The Morgan fingerprint density at radius 2 is 0.500 bits per heavy atom. The van der Waals surface area contributed by atoms with Crippen molar-refractivity contribution in [2.75, 3.05) is 0 Å². The zero-order valence-corrected chi connectivity index (χ0v) is 48.6. The highest BCUT2D eigenvalue weighted by Crippen LogP contribution is 2.56. The minimum absolute atomic E-state index is 0.0862. The Morgan fingerprint density at radius 3 is 0.829 bits per heavy atom. The third-order valence-corrected chi connectivity index (χ3v) is 20.5. The molecule has 0 fully saturated rings. The lowest BCUT2D eigenvalue weighted by Crippen LogP contribution is -2.16. The maximum absolute atomic E-state index is 2.50. The van der Waals surface area contributed by atoms with Crippen molar-refractivity contribution in [2.24, 2.45) is 0 Å². The van der Waals surface area contributed by atoms with Crippen LogP contribution in [-0.4, -0.2) is 0 Å². The smallest absolute Gasteiger partial charge is 0.0159 e. The molecule has 0 spiro atoms. The van der Waals surface area contributed by atoms with Crippen molar-refractivity contribution in [3.63, 3.8) is 0 Å². The van der Waals surface area contributed by atoms with Crippen molar-refractivity contribution in [1.82, 2.24) is 0 Å². The van der Waals surface area contributed by atoms with E-state index in [2.05, 4.69) is 275 Å². The summed E-state index contributed by atoms with van der Waals surface area (Å²) < 4.78 is 0. The van der Waals surface area contributed by atoms with Gasteiger partial charge in [0, 0.05) is 16.2 Å². The van der Waals surface area contributed by atoms with Crippen molar-refractivity contribution in [2.45, 2.75) is 90.9 Å². The Balaban J connectivity index is 0.669. The fourth-order valence-corrected chi connectivity index (χ4v) is 16.0. The van der Waals surface area contributed by atoms with E-state index in [0.717, 1.165) is 0 Å². The minimum atomic E-state index is -0.174. The Hall–Kier alpha value is -8.84. The van der Waals surface area contributed by atoms with Crippen LogP contribution in [0.2, 0.25) is 0 Å². The van der Waals surface area contributed by atoms with Gasteiger partial charge in [0.15, 0.2) is 0 Å². The van der Waals surface area contributed by atoms with Crippen LogP contribution in [0.1, 0.15) is 107 Å². The van der Waals surface area contributed by atoms with E-state index >= 15 is 0 Å². The van der Waals surface area contributed by atoms with Crippen LogP contribution < -0.4 is 0 Å². The number of benzene rings is 14. The molecule has 3 aliphatic rings. The highest BCUT2D eigenvalue weighted by atomic mass is 14.4. The van der Waals surface area contributed by atoms with Crippen LogP contribution in [0.5, 0.6) is 0 Å². The third-order valence-electron chi connectivity index (χ3n) is 20.5. The molecule has 17 rings (SSSR count). The largest absolute Gasteiger partial charge is 0.0561 e. The van der Waals surface area contributed by atoms with E-state index in [9.17, 15) is 0 Å². The number of fused-ring (bicyclic) bond motifs is 9. The second kappa shape index (κ2) is 16.0. The molecular weight excluding hydrogens is 985 g/mol. The molecule has 0 aromatic heterocycles. The van der Waals surface area contributed by atoms with Crippen LogP contribution in [0.25, 0.3) is 143 Å². The number of aryl methyl sites for hydroxylation is 1. The van der Waals surface area contributed by atoms with Crippen LogP contribution >= 0.6 is 0 Å². The van der Waals surface area contributed by atoms with Crippen molar-refractivity contribution in [1.29, 1.82) is 0 Å². The van der Waals surface area contributed by atoms with Crippen molar-refractivity contribution < 1.29 is 0 Å². The predicted molar refractivity (Wildman–Crippen MR) is 352 cm³/mol. The van der Waals surface area contributed by atoms with Crippen molar-refractivity contribution in [3.05, 3.63) is 251 Å². The molecule has 0 aliphatic heterocycles. The summed E-state index contributed by atoms with van der Waals surface area (Å²) in [7, 11) is 0. The fourth-order valence-electron chi connectivity index (χ4n) is 16.0. The summed E-state index contributed by atoms with van der Waals surface area (Å²) >= 11 is 0. The third kappa shape index (κ3) is 6.44. The van der Waals surface area contributed by atoms with Gasteiger partial charge in [-0.05, 0) is 236 Å². The molecule has 0 N–H and O–H groups in total. The average Bonchev–Trinajstić information content (AvgIpc) is 4.05. The monoisotopic (exact) mass is 1050 g/mol. The zero-order valence-electron chi connectivity index (χ0n) is 48.6. The van der Waals surface area contributed by atoms with Crippen LogP contribution in [0.3, 0.4) is 0 Å². The van der Waals surface area contributed by atoms with Gasteiger partial charge in [0.25, 0.3) is 0 Å². The maximum atomic E-state index is 2.50. The topological polar surface area (TPSA) is 0 Å². The summed E-state index contributed by atoms with van der Waals surface area (Å²) in [4.78, 5) is 0. The second-order valence-electron chi connectivity index (χ2n) is 27.4. The van der Waals surface area contributed by atoms with E-state index in [1.165, 1.54) is 187 Å². The van der Waals surface area contributed by atoms with Crippen LogP contribution in [0.4, 0.5) is 0 Å². The Labute approximate surface area is 481 Å². The number of hydrogen-bond acceptors (Lipinski definition) is 0. The summed E-state index contributed by atoms with van der Waals surface area (Å²) in [6.45, 7) is 23.7. The molecule has 0 unspecified atom stereocenters. The maximum Gasteiger partial charge on any atom is 0.0159 e. The van der Waals surface area contributed by atoms with Gasteiger partial charge < -0.3 is 0 Å². The van der Waals surface area contributed by atoms with Gasteiger partial charge >= 0.3 is 0 Å². The number of rotatable bonds is 4.